The molecule has 2 fully saturated rings. The zero-order valence-corrected chi connectivity index (χ0v) is 7.92. The van der Waals surface area contributed by atoms with Crippen molar-refractivity contribution in [2.24, 2.45) is 5.92 Å². The van der Waals surface area contributed by atoms with Crippen molar-refractivity contribution in [1.82, 2.24) is 5.32 Å². The second-order valence-electron chi connectivity index (χ2n) is 4.11. The summed E-state index contributed by atoms with van der Waals surface area (Å²) in [4.78, 5) is 11.4. The monoisotopic (exact) mass is 183 g/mol. The predicted octanol–water partition coefficient (Wildman–Crippen LogP) is 1.08. The summed E-state index contributed by atoms with van der Waals surface area (Å²) in [7, 11) is 0. The number of nitrogens with one attached hydrogen (secondary N) is 1. The average Bonchev–Trinajstić information content (AvgIpc) is 2.49. The first-order chi connectivity index (χ1) is 6.34. The molecule has 2 rings (SSSR count). The first kappa shape index (κ1) is 9.00. The third-order valence-electron chi connectivity index (χ3n) is 2.97. The fourth-order valence-electron chi connectivity index (χ4n) is 1.85. The van der Waals surface area contributed by atoms with Gasteiger partial charge in [-0.05, 0) is 44.7 Å². The molecule has 0 amide bonds. The molecule has 3 heteroatoms. The number of rotatable bonds is 3. The Bertz CT molecular complexity index is 183. The normalized spacial score (nSPS) is 28.5. The fourth-order valence-corrected chi connectivity index (χ4v) is 1.85. The highest BCUT2D eigenvalue weighted by Crippen LogP contribution is 2.23. The quantitative estimate of drug-likeness (QED) is 0.665. The van der Waals surface area contributed by atoms with E-state index in [-0.39, 0.29) is 12.1 Å². The van der Waals surface area contributed by atoms with Crippen LogP contribution in [0.5, 0.6) is 0 Å². The molecule has 74 valence electrons. The van der Waals surface area contributed by atoms with Crippen molar-refractivity contribution in [1.29, 1.82) is 0 Å². The molecule has 1 saturated carbocycles. The van der Waals surface area contributed by atoms with E-state index >= 15 is 0 Å². The molecule has 1 unspecified atom stereocenters. The van der Waals surface area contributed by atoms with Crippen LogP contribution < -0.4 is 5.32 Å². The first-order valence-electron chi connectivity index (χ1n) is 5.25. The molecule has 0 aromatic heterocycles. The molecule has 1 aliphatic heterocycles. The Morgan fingerprint density at radius 1 is 1.38 bits per heavy atom. The molecule has 1 aliphatic carbocycles. The third kappa shape index (κ3) is 2.44. The molecule has 0 radical (unpaired) electrons. The Balaban J connectivity index is 1.64. The lowest BCUT2D eigenvalue weighted by Crippen LogP contribution is -2.26. The highest BCUT2D eigenvalue weighted by molar-refractivity contribution is 5.70. The molecule has 2 aliphatic rings. The summed E-state index contributed by atoms with van der Waals surface area (Å²) < 4.78 is 5.28. The highest BCUT2D eigenvalue weighted by Gasteiger charge is 2.24. The van der Waals surface area contributed by atoms with Gasteiger partial charge in [0.25, 0.3) is 0 Å². The molecule has 0 aromatic rings. The van der Waals surface area contributed by atoms with Crippen molar-refractivity contribution < 1.29 is 9.53 Å². The molecule has 1 saturated heterocycles. The van der Waals surface area contributed by atoms with E-state index in [9.17, 15) is 4.79 Å². The van der Waals surface area contributed by atoms with Crippen molar-refractivity contribution in [2.75, 3.05) is 13.1 Å². The molecule has 1 N–H and O–H groups in total. The van der Waals surface area contributed by atoms with Crippen LogP contribution in [0.2, 0.25) is 0 Å². The van der Waals surface area contributed by atoms with Crippen molar-refractivity contribution in [3.8, 4) is 0 Å². The van der Waals surface area contributed by atoms with Gasteiger partial charge in [-0.15, -0.1) is 0 Å². The zero-order chi connectivity index (χ0) is 9.10. The molecule has 0 spiro atoms. The van der Waals surface area contributed by atoms with Gasteiger partial charge in [0.15, 0.2) is 0 Å². The number of carbonyl (C=O) groups is 1. The third-order valence-corrected chi connectivity index (χ3v) is 2.97. The molecular weight excluding hydrogens is 166 g/mol. The molecular formula is C10H17NO2. The standard InChI is InChI=1S/C10H17NO2/c12-10(13-9-2-1-3-9)6-8-4-5-11-7-8/h8-9,11H,1-7H2. The smallest absolute Gasteiger partial charge is 0.306 e. The van der Waals surface area contributed by atoms with Crippen LogP contribution in [0.3, 0.4) is 0 Å². The van der Waals surface area contributed by atoms with E-state index in [4.69, 9.17) is 4.74 Å². The SMILES string of the molecule is O=C(CC1CCNC1)OC1CCC1. The Morgan fingerprint density at radius 3 is 2.77 bits per heavy atom. The van der Waals surface area contributed by atoms with Gasteiger partial charge in [-0.1, -0.05) is 0 Å². The number of esters is 1. The largest absolute Gasteiger partial charge is 0.462 e. The Labute approximate surface area is 78.8 Å². The summed E-state index contributed by atoms with van der Waals surface area (Å²) in [6, 6.07) is 0. The minimum Gasteiger partial charge on any atom is -0.462 e. The van der Waals surface area contributed by atoms with E-state index < -0.39 is 0 Å². The number of hydrogen-bond donors (Lipinski definition) is 1. The predicted molar refractivity (Wildman–Crippen MR) is 49.3 cm³/mol. The van der Waals surface area contributed by atoms with Crippen LogP contribution in [0.1, 0.15) is 32.1 Å². The lowest BCUT2D eigenvalue weighted by Gasteiger charge is -2.25. The van der Waals surface area contributed by atoms with Gasteiger partial charge in [-0.2, -0.15) is 0 Å². The summed E-state index contributed by atoms with van der Waals surface area (Å²) in [5.41, 5.74) is 0. The number of ether oxygens (including phenoxy) is 1. The zero-order valence-electron chi connectivity index (χ0n) is 7.92. The van der Waals surface area contributed by atoms with Crippen molar-refractivity contribution in [3.05, 3.63) is 0 Å². The summed E-state index contributed by atoms with van der Waals surface area (Å²) in [6.45, 7) is 2.04. The maximum atomic E-state index is 11.4. The van der Waals surface area contributed by atoms with Gasteiger partial charge >= 0.3 is 5.97 Å². The van der Waals surface area contributed by atoms with Crippen LogP contribution in [0.4, 0.5) is 0 Å². The maximum Gasteiger partial charge on any atom is 0.306 e. The van der Waals surface area contributed by atoms with Crippen LogP contribution >= 0.6 is 0 Å². The van der Waals surface area contributed by atoms with Crippen LogP contribution in [-0.2, 0) is 9.53 Å². The molecule has 3 nitrogen and oxygen atoms in total. The minimum atomic E-state index is 0.0124. The van der Waals surface area contributed by atoms with Crippen molar-refractivity contribution in [2.45, 2.75) is 38.2 Å². The van der Waals surface area contributed by atoms with Gasteiger partial charge < -0.3 is 10.1 Å². The van der Waals surface area contributed by atoms with E-state index in [0.29, 0.717) is 12.3 Å². The highest BCUT2D eigenvalue weighted by atomic mass is 16.5. The van der Waals surface area contributed by atoms with E-state index in [0.717, 1.165) is 32.4 Å². The Kier molecular flexibility index (Phi) is 2.83. The Hall–Kier alpha value is -0.570. The van der Waals surface area contributed by atoms with Gasteiger partial charge in [0.1, 0.15) is 6.10 Å². The minimum absolute atomic E-state index is 0.0124. The number of carbonyl (C=O) groups excluding carboxylic acids is 1. The molecule has 0 aromatic carbocycles. The van der Waals surface area contributed by atoms with Crippen LogP contribution in [-0.4, -0.2) is 25.2 Å². The second-order valence-corrected chi connectivity index (χ2v) is 4.11. The van der Waals surface area contributed by atoms with E-state index in [1.165, 1.54) is 6.42 Å². The topological polar surface area (TPSA) is 38.3 Å². The van der Waals surface area contributed by atoms with Gasteiger partial charge in [-0.3, -0.25) is 4.79 Å². The maximum absolute atomic E-state index is 11.4. The Morgan fingerprint density at radius 2 is 2.23 bits per heavy atom. The summed E-state index contributed by atoms with van der Waals surface area (Å²) >= 11 is 0. The van der Waals surface area contributed by atoms with Gasteiger partial charge in [-0.25, -0.2) is 0 Å². The fraction of sp³-hybridized carbons (Fsp3) is 0.900. The molecule has 1 atom stereocenters. The first-order valence-corrected chi connectivity index (χ1v) is 5.25. The van der Waals surface area contributed by atoms with Gasteiger partial charge in [0, 0.05) is 6.42 Å². The van der Waals surface area contributed by atoms with Gasteiger partial charge in [0.05, 0.1) is 0 Å². The molecule has 13 heavy (non-hydrogen) atoms. The van der Waals surface area contributed by atoms with Crippen LogP contribution in [0, 0.1) is 5.92 Å². The summed E-state index contributed by atoms with van der Waals surface area (Å²) in [6.07, 6.45) is 5.37. The lowest BCUT2D eigenvalue weighted by molar-refractivity contribution is -0.153. The van der Waals surface area contributed by atoms with Crippen molar-refractivity contribution in [3.63, 3.8) is 0 Å². The van der Waals surface area contributed by atoms with Crippen molar-refractivity contribution >= 4 is 5.97 Å². The summed E-state index contributed by atoms with van der Waals surface area (Å²) in [5.74, 6) is 0.533. The van der Waals surface area contributed by atoms with Crippen LogP contribution in [0.15, 0.2) is 0 Å². The molecule has 1 heterocycles. The van der Waals surface area contributed by atoms with Crippen LogP contribution in [0.25, 0.3) is 0 Å². The molecule has 0 bridgehead atoms. The lowest BCUT2D eigenvalue weighted by atomic mass is 9.96. The van der Waals surface area contributed by atoms with E-state index in [1.807, 2.05) is 0 Å². The second kappa shape index (κ2) is 4.09. The number of hydrogen-bond acceptors (Lipinski definition) is 3. The summed E-state index contributed by atoms with van der Waals surface area (Å²) in [5, 5.41) is 3.25. The van der Waals surface area contributed by atoms with Gasteiger partial charge in [0.2, 0.25) is 0 Å². The van der Waals surface area contributed by atoms with E-state index in [2.05, 4.69) is 5.32 Å². The average molecular weight is 183 g/mol. The van der Waals surface area contributed by atoms with E-state index in [1.54, 1.807) is 0 Å².